The van der Waals surface area contributed by atoms with Crippen LogP contribution in [-0.2, 0) is 6.54 Å². The van der Waals surface area contributed by atoms with Crippen molar-refractivity contribution in [1.82, 2.24) is 10.3 Å². The van der Waals surface area contributed by atoms with Crippen molar-refractivity contribution >= 4 is 28.8 Å². The predicted molar refractivity (Wildman–Crippen MR) is 82.4 cm³/mol. The van der Waals surface area contributed by atoms with E-state index in [2.05, 4.69) is 10.3 Å². The molecule has 0 spiro atoms. The molecule has 106 valence electrons. The number of benzene rings is 1. The Morgan fingerprint density at radius 1 is 1.29 bits per heavy atom. The molecule has 0 saturated carbocycles. The Balaban J connectivity index is 1.66. The highest BCUT2D eigenvalue weighted by Gasteiger charge is 2.11. The van der Waals surface area contributed by atoms with Gasteiger partial charge in [0.1, 0.15) is 6.26 Å². The Hall–Kier alpha value is -2.11. The van der Waals surface area contributed by atoms with Gasteiger partial charge in [-0.15, -0.1) is 11.3 Å². The number of amides is 1. The van der Waals surface area contributed by atoms with Gasteiger partial charge in [-0.05, 0) is 23.6 Å². The fourth-order valence-corrected chi connectivity index (χ4v) is 2.69. The average Bonchev–Trinajstić information content (AvgIpc) is 3.16. The molecule has 0 saturated heterocycles. The minimum atomic E-state index is -0.235. The van der Waals surface area contributed by atoms with Crippen molar-refractivity contribution in [2.45, 2.75) is 6.54 Å². The monoisotopic (exact) mass is 318 g/mol. The second-order valence-electron chi connectivity index (χ2n) is 4.28. The number of hydrogen-bond acceptors (Lipinski definition) is 4. The molecule has 3 rings (SSSR count). The fourth-order valence-electron chi connectivity index (χ4n) is 1.81. The van der Waals surface area contributed by atoms with E-state index in [1.807, 2.05) is 17.5 Å². The zero-order valence-corrected chi connectivity index (χ0v) is 12.4. The van der Waals surface area contributed by atoms with E-state index in [0.717, 1.165) is 4.88 Å². The number of rotatable bonds is 4. The summed E-state index contributed by atoms with van der Waals surface area (Å²) in [6.45, 7) is 0.291. The van der Waals surface area contributed by atoms with Gasteiger partial charge in [-0.1, -0.05) is 29.8 Å². The Bertz CT molecular complexity index is 753. The van der Waals surface area contributed by atoms with Crippen LogP contribution in [0.15, 0.2) is 52.5 Å². The standard InChI is InChI=1S/C15H11ClN2O2S/c16-12-5-2-1-4-11(12)14(19)17-8-10-9-20-15(18-10)13-6-3-7-21-13/h1-7,9H,8H2,(H,17,19). The summed E-state index contributed by atoms with van der Waals surface area (Å²) in [7, 11) is 0. The molecule has 21 heavy (non-hydrogen) atoms. The van der Waals surface area contributed by atoms with E-state index in [0.29, 0.717) is 28.7 Å². The molecule has 0 bridgehead atoms. The number of carbonyl (C=O) groups excluding carboxylic acids is 1. The van der Waals surface area contributed by atoms with Crippen LogP contribution in [0.5, 0.6) is 0 Å². The number of thiophene rings is 1. The van der Waals surface area contributed by atoms with Crippen LogP contribution in [0.4, 0.5) is 0 Å². The smallest absolute Gasteiger partial charge is 0.253 e. The zero-order valence-electron chi connectivity index (χ0n) is 10.9. The van der Waals surface area contributed by atoms with Crippen LogP contribution < -0.4 is 5.32 Å². The molecule has 1 amide bonds. The number of hydrogen-bond donors (Lipinski definition) is 1. The highest BCUT2D eigenvalue weighted by atomic mass is 35.5. The summed E-state index contributed by atoms with van der Waals surface area (Å²) in [5.41, 5.74) is 1.11. The SMILES string of the molecule is O=C(NCc1coc(-c2cccs2)n1)c1ccccc1Cl. The third-order valence-corrected chi connectivity index (χ3v) is 4.02. The van der Waals surface area contributed by atoms with E-state index >= 15 is 0 Å². The van der Waals surface area contributed by atoms with Crippen LogP contribution >= 0.6 is 22.9 Å². The normalized spacial score (nSPS) is 10.5. The first-order chi connectivity index (χ1) is 10.2. The summed E-state index contributed by atoms with van der Waals surface area (Å²) in [5, 5.41) is 5.15. The maximum absolute atomic E-state index is 12.0. The molecule has 0 aliphatic heterocycles. The van der Waals surface area contributed by atoms with E-state index in [4.69, 9.17) is 16.0 Å². The first-order valence-corrected chi connectivity index (χ1v) is 7.51. The summed E-state index contributed by atoms with van der Waals surface area (Å²) in [6, 6.07) is 10.8. The first-order valence-electron chi connectivity index (χ1n) is 6.25. The van der Waals surface area contributed by atoms with Gasteiger partial charge < -0.3 is 9.73 Å². The number of aromatic nitrogens is 1. The molecule has 1 N–H and O–H groups in total. The van der Waals surface area contributed by atoms with E-state index in [-0.39, 0.29) is 5.91 Å². The summed E-state index contributed by atoms with van der Waals surface area (Å²) in [5.74, 6) is 0.327. The van der Waals surface area contributed by atoms with Gasteiger partial charge in [-0.25, -0.2) is 4.98 Å². The predicted octanol–water partition coefficient (Wildman–Crippen LogP) is 3.99. The number of carbonyl (C=O) groups is 1. The van der Waals surface area contributed by atoms with Crippen LogP contribution in [0.2, 0.25) is 5.02 Å². The first kappa shape index (κ1) is 13.9. The molecule has 0 fully saturated rings. The summed E-state index contributed by atoms with van der Waals surface area (Å²) < 4.78 is 5.39. The average molecular weight is 319 g/mol. The zero-order chi connectivity index (χ0) is 14.7. The Morgan fingerprint density at radius 3 is 2.90 bits per heavy atom. The van der Waals surface area contributed by atoms with Crippen molar-refractivity contribution in [3.05, 3.63) is 64.3 Å². The van der Waals surface area contributed by atoms with Crippen LogP contribution in [-0.4, -0.2) is 10.9 Å². The molecule has 4 nitrogen and oxygen atoms in total. The highest BCUT2D eigenvalue weighted by molar-refractivity contribution is 7.13. The van der Waals surface area contributed by atoms with Gasteiger partial charge in [0.15, 0.2) is 0 Å². The third-order valence-electron chi connectivity index (χ3n) is 2.83. The van der Waals surface area contributed by atoms with Crippen molar-refractivity contribution in [1.29, 1.82) is 0 Å². The van der Waals surface area contributed by atoms with Gasteiger partial charge in [-0.3, -0.25) is 4.79 Å². The number of nitrogens with zero attached hydrogens (tertiary/aromatic N) is 1. The summed E-state index contributed by atoms with van der Waals surface area (Å²) in [6.07, 6.45) is 1.54. The largest absolute Gasteiger partial charge is 0.443 e. The second-order valence-corrected chi connectivity index (χ2v) is 5.64. The lowest BCUT2D eigenvalue weighted by Gasteiger charge is -2.04. The Morgan fingerprint density at radius 2 is 2.14 bits per heavy atom. The third kappa shape index (κ3) is 3.15. The molecule has 0 aliphatic rings. The molecule has 6 heteroatoms. The summed E-state index contributed by atoms with van der Waals surface area (Å²) >= 11 is 7.53. The minimum absolute atomic E-state index is 0.235. The van der Waals surface area contributed by atoms with E-state index in [9.17, 15) is 4.79 Å². The topological polar surface area (TPSA) is 55.1 Å². The van der Waals surface area contributed by atoms with Crippen molar-refractivity contribution in [3.8, 4) is 10.8 Å². The van der Waals surface area contributed by atoms with Gasteiger partial charge in [-0.2, -0.15) is 0 Å². The fraction of sp³-hybridized carbons (Fsp3) is 0.0667. The quantitative estimate of drug-likeness (QED) is 0.791. The summed E-state index contributed by atoms with van der Waals surface area (Å²) in [4.78, 5) is 17.3. The molecule has 2 heterocycles. The molecular weight excluding hydrogens is 308 g/mol. The van der Waals surface area contributed by atoms with E-state index < -0.39 is 0 Å². The number of oxazole rings is 1. The van der Waals surface area contributed by atoms with Gasteiger partial charge in [0, 0.05) is 0 Å². The van der Waals surface area contributed by atoms with Crippen LogP contribution in [0.1, 0.15) is 16.1 Å². The maximum atomic E-state index is 12.0. The van der Waals surface area contributed by atoms with Crippen molar-refractivity contribution in [3.63, 3.8) is 0 Å². The molecule has 0 unspecified atom stereocenters. The number of nitrogens with one attached hydrogen (secondary N) is 1. The molecule has 0 radical (unpaired) electrons. The van der Waals surface area contributed by atoms with Crippen molar-refractivity contribution < 1.29 is 9.21 Å². The van der Waals surface area contributed by atoms with Gasteiger partial charge in [0.2, 0.25) is 5.89 Å². The van der Waals surface area contributed by atoms with E-state index in [1.165, 1.54) is 0 Å². The highest BCUT2D eigenvalue weighted by Crippen LogP contribution is 2.23. The van der Waals surface area contributed by atoms with Crippen LogP contribution in [0.3, 0.4) is 0 Å². The van der Waals surface area contributed by atoms with Crippen molar-refractivity contribution in [2.24, 2.45) is 0 Å². The molecule has 1 aromatic carbocycles. The van der Waals surface area contributed by atoms with Gasteiger partial charge in [0.25, 0.3) is 5.91 Å². The lowest BCUT2D eigenvalue weighted by atomic mass is 10.2. The van der Waals surface area contributed by atoms with Crippen LogP contribution in [0, 0.1) is 0 Å². The second kappa shape index (κ2) is 6.11. The number of halogens is 1. The van der Waals surface area contributed by atoms with Crippen LogP contribution in [0.25, 0.3) is 10.8 Å². The molecule has 0 atom stereocenters. The minimum Gasteiger partial charge on any atom is -0.443 e. The Labute approximate surface area is 130 Å². The lowest BCUT2D eigenvalue weighted by Crippen LogP contribution is -2.23. The van der Waals surface area contributed by atoms with Gasteiger partial charge >= 0.3 is 0 Å². The molecule has 3 aromatic rings. The van der Waals surface area contributed by atoms with E-state index in [1.54, 1.807) is 41.9 Å². The lowest BCUT2D eigenvalue weighted by molar-refractivity contribution is 0.0950. The Kier molecular flexibility index (Phi) is 4.03. The van der Waals surface area contributed by atoms with Crippen molar-refractivity contribution in [2.75, 3.05) is 0 Å². The molecular formula is C15H11ClN2O2S. The molecule has 0 aliphatic carbocycles. The molecule has 2 aromatic heterocycles. The van der Waals surface area contributed by atoms with Gasteiger partial charge in [0.05, 0.1) is 27.7 Å². The maximum Gasteiger partial charge on any atom is 0.253 e.